The number of sulfone groups is 1. The second-order valence-corrected chi connectivity index (χ2v) is 6.97. The highest BCUT2D eigenvalue weighted by molar-refractivity contribution is 7.91. The topological polar surface area (TPSA) is 34.1 Å². The molecule has 2 fully saturated rings. The van der Waals surface area contributed by atoms with E-state index >= 15 is 0 Å². The van der Waals surface area contributed by atoms with Crippen molar-refractivity contribution in [3.05, 3.63) is 0 Å². The smallest absolute Gasteiger partial charge is 0.150 e. The molecule has 1 saturated heterocycles. The monoisotopic (exact) mass is 188 g/mol. The van der Waals surface area contributed by atoms with Crippen LogP contribution in [0.15, 0.2) is 0 Å². The van der Waals surface area contributed by atoms with Crippen LogP contribution in [-0.4, -0.2) is 19.9 Å². The Labute approximate surface area is 74.3 Å². The van der Waals surface area contributed by atoms with Crippen molar-refractivity contribution in [2.45, 2.75) is 32.6 Å². The molecule has 1 spiro atoms. The fourth-order valence-electron chi connectivity index (χ4n) is 2.80. The molecule has 2 rings (SSSR count). The van der Waals surface area contributed by atoms with Crippen LogP contribution in [0.1, 0.15) is 32.6 Å². The average Bonchev–Trinajstić information content (AvgIpc) is 1.92. The van der Waals surface area contributed by atoms with Gasteiger partial charge >= 0.3 is 0 Å². The molecule has 1 aliphatic carbocycles. The van der Waals surface area contributed by atoms with E-state index in [1.807, 2.05) is 0 Å². The molecule has 0 N–H and O–H groups in total. The highest BCUT2D eigenvalue weighted by atomic mass is 32.2. The summed E-state index contributed by atoms with van der Waals surface area (Å²) in [6.45, 7) is 2.26. The van der Waals surface area contributed by atoms with Gasteiger partial charge in [0.1, 0.15) is 9.84 Å². The number of rotatable bonds is 0. The Morgan fingerprint density at radius 2 is 1.67 bits per heavy atom. The van der Waals surface area contributed by atoms with E-state index in [1.54, 1.807) is 0 Å². The Kier molecular flexibility index (Phi) is 1.76. The largest absolute Gasteiger partial charge is 0.229 e. The summed E-state index contributed by atoms with van der Waals surface area (Å²) < 4.78 is 22.3. The Hall–Kier alpha value is -0.0500. The fraction of sp³-hybridized carbons (Fsp3) is 1.00. The Bertz CT molecular complexity index is 257. The van der Waals surface area contributed by atoms with Gasteiger partial charge in [-0.1, -0.05) is 6.92 Å². The number of hydrogen-bond acceptors (Lipinski definition) is 2. The quantitative estimate of drug-likeness (QED) is 0.579. The molecule has 70 valence electrons. The maximum absolute atomic E-state index is 11.2. The van der Waals surface area contributed by atoms with E-state index in [0.717, 1.165) is 18.8 Å². The van der Waals surface area contributed by atoms with Crippen LogP contribution in [0.25, 0.3) is 0 Å². The summed E-state index contributed by atoms with van der Waals surface area (Å²) in [4.78, 5) is 0. The third-order valence-corrected chi connectivity index (χ3v) is 5.10. The highest BCUT2D eigenvalue weighted by Crippen LogP contribution is 2.52. The van der Waals surface area contributed by atoms with Crippen molar-refractivity contribution in [2.75, 3.05) is 11.5 Å². The lowest BCUT2D eigenvalue weighted by atomic mass is 9.60. The first kappa shape index (κ1) is 8.54. The molecular weight excluding hydrogens is 172 g/mol. The molecule has 1 aliphatic heterocycles. The van der Waals surface area contributed by atoms with Crippen molar-refractivity contribution in [2.24, 2.45) is 11.3 Å². The van der Waals surface area contributed by atoms with Crippen molar-refractivity contribution in [3.63, 3.8) is 0 Å². The minimum atomic E-state index is -2.65. The van der Waals surface area contributed by atoms with Crippen LogP contribution in [0.5, 0.6) is 0 Å². The average molecular weight is 188 g/mol. The molecule has 1 saturated carbocycles. The standard InChI is InChI=1S/C9H16O2S/c1-8-6-9(7-8)2-4-12(10,11)5-3-9/h8H,2-7H2,1H3. The first-order chi connectivity index (χ1) is 5.52. The molecular formula is C9H16O2S. The van der Waals surface area contributed by atoms with Crippen molar-refractivity contribution in [3.8, 4) is 0 Å². The van der Waals surface area contributed by atoms with Gasteiger partial charge in [-0.3, -0.25) is 0 Å². The van der Waals surface area contributed by atoms with Gasteiger partial charge in [0.15, 0.2) is 0 Å². The molecule has 0 atom stereocenters. The zero-order chi connectivity index (χ0) is 8.82. The van der Waals surface area contributed by atoms with Crippen LogP contribution >= 0.6 is 0 Å². The SMILES string of the molecule is CC1CC2(CCS(=O)(=O)CC2)C1. The van der Waals surface area contributed by atoms with Gasteiger partial charge in [0, 0.05) is 0 Å². The van der Waals surface area contributed by atoms with Crippen LogP contribution in [-0.2, 0) is 9.84 Å². The summed E-state index contributed by atoms with van der Waals surface area (Å²) in [5.74, 6) is 1.73. The molecule has 12 heavy (non-hydrogen) atoms. The van der Waals surface area contributed by atoms with Gasteiger partial charge in [-0.15, -0.1) is 0 Å². The van der Waals surface area contributed by atoms with Crippen molar-refractivity contribution in [1.82, 2.24) is 0 Å². The van der Waals surface area contributed by atoms with E-state index in [2.05, 4.69) is 6.92 Å². The third-order valence-electron chi connectivity index (χ3n) is 3.45. The fourth-order valence-corrected chi connectivity index (χ4v) is 4.49. The molecule has 0 unspecified atom stereocenters. The molecule has 0 aromatic carbocycles. The van der Waals surface area contributed by atoms with Crippen LogP contribution in [0.3, 0.4) is 0 Å². The van der Waals surface area contributed by atoms with Gasteiger partial charge in [0.25, 0.3) is 0 Å². The molecule has 0 radical (unpaired) electrons. The van der Waals surface area contributed by atoms with E-state index in [-0.39, 0.29) is 0 Å². The summed E-state index contributed by atoms with van der Waals surface area (Å²) in [6, 6.07) is 0. The van der Waals surface area contributed by atoms with E-state index in [9.17, 15) is 8.42 Å². The predicted octanol–water partition coefficient (Wildman–Crippen LogP) is 1.61. The van der Waals surface area contributed by atoms with E-state index in [4.69, 9.17) is 0 Å². The Morgan fingerprint density at radius 3 is 2.08 bits per heavy atom. The lowest BCUT2D eigenvalue weighted by Gasteiger charge is -2.49. The van der Waals surface area contributed by atoms with Crippen molar-refractivity contribution >= 4 is 9.84 Å². The summed E-state index contributed by atoms with van der Waals surface area (Å²) in [5, 5.41) is 0. The minimum Gasteiger partial charge on any atom is -0.229 e. The number of hydrogen-bond donors (Lipinski definition) is 0. The maximum atomic E-state index is 11.2. The van der Waals surface area contributed by atoms with Gasteiger partial charge in [0.2, 0.25) is 0 Å². The molecule has 0 bridgehead atoms. The molecule has 2 aliphatic rings. The Balaban J connectivity index is 2.00. The normalized spacial score (nSPS) is 33.1. The zero-order valence-electron chi connectivity index (χ0n) is 7.54. The second kappa shape index (κ2) is 2.47. The van der Waals surface area contributed by atoms with Crippen LogP contribution < -0.4 is 0 Å². The predicted molar refractivity (Wildman–Crippen MR) is 48.7 cm³/mol. The first-order valence-corrected chi connectivity index (χ1v) is 6.54. The zero-order valence-corrected chi connectivity index (χ0v) is 8.36. The minimum absolute atomic E-state index is 0.444. The van der Waals surface area contributed by atoms with E-state index in [0.29, 0.717) is 16.9 Å². The van der Waals surface area contributed by atoms with Crippen LogP contribution in [0, 0.1) is 11.3 Å². The van der Waals surface area contributed by atoms with Crippen LogP contribution in [0.4, 0.5) is 0 Å². The third kappa shape index (κ3) is 1.39. The van der Waals surface area contributed by atoms with Gasteiger partial charge in [-0.05, 0) is 37.0 Å². The van der Waals surface area contributed by atoms with Gasteiger partial charge in [-0.2, -0.15) is 0 Å². The lowest BCUT2D eigenvalue weighted by Crippen LogP contribution is -2.42. The van der Waals surface area contributed by atoms with Crippen LogP contribution in [0.2, 0.25) is 0 Å². The van der Waals surface area contributed by atoms with Crippen molar-refractivity contribution < 1.29 is 8.42 Å². The molecule has 1 heterocycles. The van der Waals surface area contributed by atoms with E-state index < -0.39 is 9.84 Å². The summed E-state index contributed by atoms with van der Waals surface area (Å²) in [6.07, 6.45) is 4.39. The molecule has 0 aromatic heterocycles. The summed E-state index contributed by atoms with van der Waals surface area (Å²) in [7, 11) is -2.65. The van der Waals surface area contributed by atoms with Crippen molar-refractivity contribution in [1.29, 1.82) is 0 Å². The van der Waals surface area contributed by atoms with Gasteiger partial charge < -0.3 is 0 Å². The lowest BCUT2D eigenvalue weighted by molar-refractivity contribution is 0.0546. The molecule has 0 aromatic rings. The van der Waals surface area contributed by atoms with Gasteiger partial charge in [-0.25, -0.2) is 8.42 Å². The first-order valence-electron chi connectivity index (χ1n) is 4.72. The summed E-state index contributed by atoms with van der Waals surface area (Å²) in [5.41, 5.74) is 0.449. The van der Waals surface area contributed by atoms with E-state index in [1.165, 1.54) is 12.8 Å². The Morgan fingerprint density at radius 1 is 1.17 bits per heavy atom. The van der Waals surface area contributed by atoms with Gasteiger partial charge in [0.05, 0.1) is 11.5 Å². The maximum Gasteiger partial charge on any atom is 0.150 e. The summed E-state index contributed by atoms with van der Waals surface area (Å²) >= 11 is 0. The highest BCUT2D eigenvalue weighted by Gasteiger charge is 2.45. The second-order valence-electron chi connectivity index (χ2n) is 4.67. The molecule has 0 amide bonds. The molecule has 3 heteroatoms. The molecule has 2 nitrogen and oxygen atoms in total.